The van der Waals surface area contributed by atoms with Gasteiger partial charge in [-0.15, -0.1) is 0 Å². The molecule has 2 unspecified atom stereocenters. The van der Waals surface area contributed by atoms with Crippen LogP contribution in [-0.2, 0) is 11.3 Å². The largest absolute Gasteiger partial charge is 0.339 e. The van der Waals surface area contributed by atoms with Crippen molar-refractivity contribution >= 4 is 21.8 Å². The molecule has 2 heterocycles. The molecule has 0 bridgehead atoms. The van der Waals surface area contributed by atoms with E-state index >= 15 is 0 Å². The van der Waals surface area contributed by atoms with Crippen LogP contribution in [0.3, 0.4) is 0 Å². The van der Waals surface area contributed by atoms with Crippen molar-refractivity contribution in [3.63, 3.8) is 0 Å². The van der Waals surface area contributed by atoms with Gasteiger partial charge in [-0.1, -0.05) is 6.92 Å². The minimum Gasteiger partial charge on any atom is -0.339 e. The van der Waals surface area contributed by atoms with E-state index < -0.39 is 0 Å². The molecule has 110 valence electrons. The molecule has 2 rings (SSSR count). The second kappa shape index (κ2) is 6.10. The smallest absolute Gasteiger partial charge is 0.251 e. The minimum absolute atomic E-state index is 0.00130. The average Bonchev–Trinajstić information content (AvgIpc) is 2.76. The topological polar surface area (TPSA) is 45.6 Å². The van der Waals surface area contributed by atoms with Crippen molar-refractivity contribution in [3.8, 4) is 0 Å². The van der Waals surface area contributed by atoms with Gasteiger partial charge in [0.15, 0.2) is 0 Å². The summed E-state index contributed by atoms with van der Waals surface area (Å²) < 4.78 is 2.24. The highest BCUT2D eigenvalue weighted by atomic mass is 79.9. The summed E-state index contributed by atoms with van der Waals surface area (Å²) in [6, 6.07) is 3.54. The van der Waals surface area contributed by atoms with Gasteiger partial charge >= 0.3 is 0 Å². The Labute approximate surface area is 127 Å². The SMILES string of the molecule is CC1CN(C(=O)Cn2cc(Br)ccc2=O)CC1N(C)C. The molecule has 0 saturated carbocycles. The molecule has 1 aliphatic heterocycles. The Morgan fingerprint density at radius 1 is 1.40 bits per heavy atom. The fourth-order valence-corrected chi connectivity index (χ4v) is 3.08. The highest BCUT2D eigenvalue weighted by Crippen LogP contribution is 2.20. The predicted molar refractivity (Wildman–Crippen MR) is 81.6 cm³/mol. The first-order valence-corrected chi connectivity index (χ1v) is 7.48. The van der Waals surface area contributed by atoms with Gasteiger partial charge < -0.3 is 14.4 Å². The van der Waals surface area contributed by atoms with Gasteiger partial charge in [0.1, 0.15) is 6.54 Å². The molecule has 2 atom stereocenters. The molecule has 0 N–H and O–H groups in total. The molecular formula is C14H20BrN3O2. The number of aromatic nitrogens is 1. The van der Waals surface area contributed by atoms with E-state index in [1.807, 2.05) is 19.0 Å². The third kappa shape index (κ3) is 3.30. The van der Waals surface area contributed by atoms with Crippen molar-refractivity contribution in [3.05, 3.63) is 33.2 Å². The van der Waals surface area contributed by atoms with E-state index in [1.165, 1.54) is 10.6 Å². The van der Waals surface area contributed by atoms with Gasteiger partial charge in [0.25, 0.3) is 5.56 Å². The van der Waals surface area contributed by atoms with Gasteiger partial charge in [-0.2, -0.15) is 0 Å². The quantitative estimate of drug-likeness (QED) is 0.824. The molecule has 5 nitrogen and oxygen atoms in total. The van der Waals surface area contributed by atoms with E-state index in [0.717, 1.165) is 17.6 Å². The number of rotatable bonds is 3. The fourth-order valence-electron chi connectivity index (χ4n) is 2.70. The summed E-state index contributed by atoms with van der Waals surface area (Å²) in [5, 5.41) is 0. The van der Waals surface area contributed by atoms with E-state index in [2.05, 4.69) is 27.8 Å². The Bertz CT molecular complexity index is 556. The predicted octanol–water partition coefficient (Wildman–Crippen LogP) is 1.02. The minimum atomic E-state index is -0.155. The first-order valence-electron chi connectivity index (χ1n) is 6.68. The molecule has 20 heavy (non-hydrogen) atoms. The first-order chi connectivity index (χ1) is 9.38. The molecule has 1 aliphatic rings. The molecule has 1 aromatic heterocycles. The number of halogens is 1. The molecule has 1 amide bonds. The number of nitrogens with zero attached hydrogens (tertiary/aromatic N) is 3. The Kier molecular flexibility index (Phi) is 4.65. The van der Waals surface area contributed by atoms with E-state index in [4.69, 9.17) is 0 Å². The van der Waals surface area contributed by atoms with Crippen LogP contribution in [0.1, 0.15) is 6.92 Å². The van der Waals surface area contributed by atoms with Crippen molar-refractivity contribution in [2.75, 3.05) is 27.2 Å². The summed E-state index contributed by atoms with van der Waals surface area (Å²) in [6.45, 7) is 3.74. The van der Waals surface area contributed by atoms with Crippen molar-refractivity contribution in [2.45, 2.75) is 19.5 Å². The fraction of sp³-hybridized carbons (Fsp3) is 0.571. The van der Waals surface area contributed by atoms with Gasteiger partial charge in [-0.05, 0) is 42.0 Å². The summed E-state index contributed by atoms with van der Waals surface area (Å²) in [4.78, 5) is 28.1. The molecular weight excluding hydrogens is 322 g/mol. The third-order valence-corrected chi connectivity index (χ3v) is 4.31. The first kappa shape index (κ1) is 15.3. The molecule has 0 spiro atoms. The van der Waals surface area contributed by atoms with Crippen LogP contribution in [0.25, 0.3) is 0 Å². The van der Waals surface area contributed by atoms with Crippen LogP contribution < -0.4 is 5.56 Å². The summed E-state index contributed by atoms with van der Waals surface area (Å²) >= 11 is 3.32. The van der Waals surface area contributed by atoms with Gasteiger partial charge in [0.05, 0.1) is 0 Å². The molecule has 0 aliphatic carbocycles. The standard InChI is InChI=1S/C14H20BrN3O2/c1-10-6-17(8-12(10)16(2)3)14(20)9-18-7-11(15)4-5-13(18)19/h4-5,7,10,12H,6,8-9H2,1-3H3. The monoisotopic (exact) mass is 341 g/mol. The zero-order valence-corrected chi connectivity index (χ0v) is 13.6. The zero-order chi connectivity index (χ0) is 14.9. The van der Waals surface area contributed by atoms with Gasteiger partial charge in [-0.25, -0.2) is 0 Å². The molecule has 0 aromatic carbocycles. The van der Waals surface area contributed by atoms with E-state index in [9.17, 15) is 9.59 Å². The maximum absolute atomic E-state index is 12.3. The van der Waals surface area contributed by atoms with Gasteiger partial charge in [0, 0.05) is 35.9 Å². The Hall–Kier alpha value is -1.14. The number of hydrogen-bond acceptors (Lipinski definition) is 3. The highest BCUT2D eigenvalue weighted by molar-refractivity contribution is 9.10. The van der Waals surface area contributed by atoms with Crippen LogP contribution in [-0.4, -0.2) is 53.5 Å². The zero-order valence-electron chi connectivity index (χ0n) is 12.0. The summed E-state index contributed by atoms with van der Waals surface area (Å²) in [5.41, 5.74) is -0.155. The molecule has 6 heteroatoms. The second-order valence-corrected chi connectivity index (χ2v) is 6.54. The van der Waals surface area contributed by atoms with Crippen LogP contribution in [0.5, 0.6) is 0 Å². The highest BCUT2D eigenvalue weighted by Gasteiger charge is 2.33. The van der Waals surface area contributed by atoms with E-state index in [-0.39, 0.29) is 18.0 Å². The summed E-state index contributed by atoms with van der Waals surface area (Å²) in [5.74, 6) is 0.453. The number of amides is 1. The Morgan fingerprint density at radius 3 is 2.70 bits per heavy atom. The van der Waals surface area contributed by atoms with Gasteiger partial charge in [-0.3, -0.25) is 9.59 Å². The lowest BCUT2D eigenvalue weighted by Crippen LogP contribution is -2.38. The van der Waals surface area contributed by atoms with Crippen molar-refractivity contribution < 1.29 is 4.79 Å². The number of carbonyl (C=O) groups is 1. The lowest BCUT2D eigenvalue weighted by atomic mass is 10.1. The van der Waals surface area contributed by atoms with Crippen molar-refractivity contribution in [2.24, 2.45) is 5.92 Å². The lowest BCUT2D eigenvalue weighted by Gasteiger charge is -2.22. The molecule has 1 saturated heterocycles. The Morgan fingerprint density at radius 2 is 2.10 bits per heavy atom. The van der Waals surface area contributed by atoms with Crippen molar-refractivity contribution in [1.82, 2.24) is 14.4 Å². The normalized spacial score (nSPS) is 22.6. The molecule has 1 fully saturated rings. The average molecular weight is 342 g/mol. The lowest BCUT2D eigenvalue weighted by molar-refractivity contribution is -0.131. The Balaban J connectivity index is 2.06. The van der Waals surface area contributed by atoms with Crippen LogP contribution in [0.4, 0.5) is 0 Å². The number of likely N-dealkylation sites (N-methyl/N-ethyl adjacent to an activating group) is 1. The summed E-state index contributed by atoms with van der Waals surface area (Å²) in [6.07, 6.45) is 1.66. The van der Waals surface area contributed by atoms with E-state index in [0.29, 0.717) is 12.0 Å². The molecule has 1 aromatic rings. The number of likely N-dealkylation sites (tertiary alicyclic amines) is 1. The van der Waals surface area contributed by atoms with Crippen LogP contribution in [0.2, 0.25) is 0 Å². The third-order valence-electron chi connectivity index (χ3n) is 3.84. The second-order valence-electron chi connectivity index (χ2n) is 5.62. The maximum atomic E-state index is 12.3. The number of carbonyl (C=O) groups excluding carboxylic acids is 1. The summed E-state index contributed by atoms with van der Waals surface area (Å²) in [7, 11) is 4.07. The van der Waals surface area contributed by atoms with Crippen LogP contribution in [0.15, 0.2) is 27.6 Å². The number of pyridine rings is 1. The van der Waals surface area contributed by atoms with Crippen LogP contribution in [0, 0.1) is 5.92 Å². The molecule has 0 radical (unpaired) electrons. The van der Waals surface area contributed by atoms with E-state index in [1.54, 1.807) is 12.3 Å². The van der Waals surface area contributed by atoms with Crippen LogP contribution >= 0.6 is 15.9 Å². The van der Waals surface area contributed by atoms with Gasteiger partial charge in [0.2, 0.25) is 5.91 Å². The maximum Gasteiger partial charge on any atom is 0.251 e. The van der Waals surface area contributed by atoms with Crippen molar-refractivity contribution in [1.29, 1.82) is 0 Å². The number of hydrogen-bond donors (Lipinski definition) is 0.